The zero-order valence-corrected chi connectivity index (χ0v) is 10.7. The highest BCUT2D eigenvalue weighted by molar-refractivity contribution is 14.1. The molecule has 0 bridgehead atoms. The first kappa shape index (κ1) is 11.5. The molecule has 14 heavy (non-hydrogen) atoms. The van der Waals surface area contributed by atoms with Crippen LogP contribution in [0, 0.1) is 3.57 Å². The first-order chi connectivity index (χ1) is 6.54. The van der Waals surface area contributed by atoms with E-state index >= 15 is 0 Å². The van der Waals surface area contributed by atoms with E-state index in [4.69, 9.17) is 0 Å². The Morgan fingerprint density at radius 1 is 1.79 bits per heavy atom. The van der Waals surface area contributed by atoms with Crippen LogP contribution in [0.5, 0.6) is 0 Å². The number of hydrogen-bond acceptors (Lipinski definition) is 2. The lowest BCUT2D eigenvalue weighted by Gasteiger charge is -2.09. The topological polar surface area (TPSA) is 46.9 Å². The minimum atomic E-state index is -0.0932. The lowest BCUT2D eigenvalue weighted by molar-refractivity contribution is 0.0932. The standard InChI is InChI=1S/C9H14IN3O/c1-4-6(2)11-9(14)8-7(10)5-13(3)12-8/h5-6H,4H2,1-3H3,(H,11,14)/t6-/m0/s1. The summed E-state index contributed by atoms with van der Waals surface area (Å²) < 4.78 is 2.53. The maximum absolute atomic E-state index is 11.7. The van der Waals surface area contributed by atoms with Gasteiger partial charge in [0.25, 0.3) is 5.91 Å². The van der Waals surface area contributed by atoms with Gasteiger partial charge in [-0.15, -0.1) is 0 Å². The van der Waals surface area contributed by atoms with Gasteiger partial charge < -0.3 is 5.32 Å². The van der Waals surface area contributed by atoms with Gasteiger partial charge >= 0.3 is 0 Å². The van der Waals surface area contributed by atoms with Gasteiger partial charge in [0, 0.05) is 19.3 Å². The van der Waals surface area contributed by atoms with Crippen LogP contribution < -0.4 is 5.32 Å². The third-order valence-corrected chi connectivity index (χ3v) is 2.78. The van der Waals surface area contributed by atoms with Crippen molar-refractivity contribution in [3.8, 4) is 0 Å². The molecule has 0 aromatic carbocycles. The molecular formula is C9H14IN3O. The van der Waals surface area contributed by atoms with Crippen LogP contribution in [-0.2, 0) is 7.05 Å². The number of amides is 1. The van der Waals surface area contributed by atoms with Crippen molar-refractivity contribution < 1.29 is 4.79 Å². The Labute approximate surface area is 97.2 Å². The number of carbonyl (C=O) groups excluding carboxylic acids is 1. The third kappa shape index (κ3) is 2.70. The third-order valence-electron chi connectivity index (χ3n) is 1.99. The Kier molecular flexibility index (Phi) is 3.91. The van der Waals surface area contributed by atoms with Crippen LogP contribution >= 0.6 is 22.6 Å². The highest BCUT2D eigenvalue weighted by atomic mass is 127. The summed E-state index contributed by atoms with van der Waals surface area (Å²) >= 11 is 2.11. The largest absolute Gasteiger partial charge is 0.348 e. The van der Waals surface area contributed by atoms with Crippen LogP contribution in [0.3, 0.4) is 0 Å². The fourth-order valence-corrected chi connectivity index (χ4v) is 1.76. The second-order valence-electron chi connectivity index (χ2n) is 3.28. The quantitative estimate of drug-likeness (QED) is 0.861. The number of aromatic nitrogens is 2. The molecule has 0 aliphatic carbocycles. The molecule has 78 valence electrons. The zero-order chi connectivity index (χ0) is 10.7. The van der Waals surface area contributed by atoms with Crippen molar-refractivity contribution in [2.45, 2.75) is 26.3 Å². The van der Waals surface area contributed by atoms with E-state index in [0.717, 1.165) is 9.99 Å². The average Bonchev–Trinajstić information content (AvgIpc) is 2.45. The molecule has 0 saturated carbocycles. The lowest BCUT2D eigenvalue weighted by Crippen LogP contribution is -2.32. The van der Waals surface area contributed by atoms with Crippen LogP contribution in [0.2, 0.25) is 0 Å². The maximum Gasteiger partial charge on any atom is 0.273 e. The Hall–Kier alpha value is -0.590. The fourth-order valence-electron chi connectivity index (χ4n) is 1.01. The van der Waals surface area contributed by atoms with Gasteiger partial charge in [0.2, 0.25) is 0 Å². The van der Waals surface area contributed by atoms with E-state index in [1.54, 1.807) is 4.68 Å². The van der Waals surface area contributed by atoms with Gasteiger partial charge in [0.05, 0.1) is 3.57 Å². The summed E-state index contributed by atoms with van der Waals surface area (Å²) in [5, 5.41) is 6.98. The maximum atomic E-state index is 11.7. The molecule has 1 aromatic heterocycles. The molecule has 0 radical (unpaired) electrons. The Bertz CT molecular complexity index is 335. The summed E-state index contributed by atoms with van der Waals surface area (Å²) in [7, 11) is 1.81. The molecule has 0 fully saturated rings. The molecule has 0 aliphatic heterocycles. The van der Waals surface area contributed by atoms with Crippen LogP contribution in [0.4, 0.5) is 0 Å². The van der Waals surface area contributed by atoms with E-state index in [2.05, 4.69) is 33.0 Å². The van der Waals surface area contributed by atoms with Crippen molar-refractivity contribution >= 4 is 28.5 Å². The summed E-state index contributed by atoms with van der Waals surface area (Å²) in [6.45, 7) is 4.02. The average molecular weight is 307 g/mol. The fraction of sp³-hybridized carbons (Fsp3) is 0.556. The molecule has 1 aromatic rings. The summed E-state index contributed by atoms with van der Waals surface area (Å²) in [5.74, 6) is -0.0932. The molecule has 1 heterocycles. The van der Waals surface area contributed by atoms with Gasteiger partial charge in [-0.1, -0.05) is 6.92 Å². The highest BCUT2D eigenvalue weighted by Crippen LogP contribution is 2.09. The second-order valence-corrected chi connectivity index (χ2v) is 4.44. The Balaban J connectivity index is 2.74. The van der Waals surface area contributed by atoms with Crippen molar-refractivity contribution in [3.63, 3.8) is 0 Å². The van der Waals surface area contributed by atoms with Crippen LogP contribution in [-0.4, -0.2) is 21.7 Å². The number of nitrogens with one attached hydrogen (secondary N) is 1. The number of rotatable bonds is 3. The summed E-state index contributed by atoms with van der Waals surface area (Å²) in [6.07, 6.45) is 2.75. The molecule has 1 amide bonds. The first-order valence-electron chi connectivity index (χ1n) is 4.54. The van der Waals surface area contributed by atoms with E-state index in [1.807, 2.05) is 27.1 Å². The molecule has 1 rings (SSSR count). The lowest BCUT2D eigenvalue weighted by atomic mass is 10.2. The van der Waals surface area contributed by atoms with Gasteiger partial charge in [-0.2, -0.15) is 5.10 Å². The van der Waals surface area contributed by atoms with Crippen molar-refractivity contribution in [2.75, 3.05) is 0 Å². The van der Waals surface area contributed by atoms with E-state index in [1.165, 1.54) is 0 Å². The smallest absolute Gasteiger partial charge is 0.273 e. The Morgan fingerprint density at radius 3 is 2.86 bits per heavy atom. The van der Waals surface area contributed by atoms with Crippen molar-refractivity contribution in [1.29, 1.82) is 0 Å². The Morgan fingerprint density at radius 2 is 2.43 bits per heavy atom. The van der Waals surface area contributed by atoms with Gasteiger partial charge in [-0.05, 0) is 35.9 Å². The summed E-state index contributed by atoms with van der Waals surface area (Å²) in [6, 6.07) is 0.195. The minimum Gasteiger partial charge on any atom is -0.348 e. The van der Waals surface area contributed by atoms with E-state index in [0.29, 0.717) is 5.69 Å². The van der Waals surface area contributed by atoms with Crippen LogP contribution in [0.1, 0.15) is 30.8 Å². The molecule has 0 aliphatic rings. The molecular weight excluding hydrogens is 293 g/mol. The molecule has 4 nitrogen and oxygen atoms in total. The number of hydrogen-bond donors (Lipinski definition) is 1. The number of carbonyl (C=O) groups is 1. The zero-order valence-electron chi connectivity index (χ0n) is 8.54. The highest BCUT2D eigenvalue weighted by Gasteiger charge is 2.15. The first-order valence-corrected chi connectivity index (χ1v) is 5.62. The molecule has 0 saturated heterocycles. The normalized spacial score (nSPS) is 12.6. The van der Waals surface area contributed by atoms with Gasteiger partial charge in [-0.3, -0.25) is 9.48 Å². The molecule has 0 spiro atoms. The van der Waals surface area contributed by atoms with Gasteiger partial charge in [0.15, 0.2) is 5.69 Å². The molecule has 1 atom stereocenters. The molecule has 5 heteroatoms. The van der Waals surface area contributed by atoms with Gasteiger partial charge in [-0.25, -0.2) is 0 Å². The van der Waals surface area contributed by atoms with Crippen LogP contribution in [0.15, 0.2) is 6.20 Å². The van der Waals surface area contributed by atoms with Crippen molar-refractivity contribution in [3.05, 3.63) is 15.5 Å². The second kappa shape index (κ2) is 4.77. The molecule has 1 N–H and O–H groups in total. The van der Waals surface area contributed by atoms with E-state index in [-0.39, 0.29) is 11.9 Å². The van der Waals surface area contributed by atoms with E-state index in [9.17, 15) is 4.79 Å². The minimum absolute atomic E-state index is 0.0932. The molecule has 0 unspecified atom stereocenters. The van der Waals surface area contributed by atoms with Crippen molar-refractivity contribution in [2.24, 2.45) is 7.05 Å². The van der Waals surface area contributed by atoms with Crippen LogP contribution in [0.25, 0.3) is 0 Å². The number of aryl methyl sites for hydroxylation is 1. The predicted octanol–water partition coefficient (Wildman–Crippen LogP) is 1.55. The summed E-state index contributed by atoms with van der Waals surface area (Å²) in [5.41, 5.74) is 0.508. The number of nitrogens with zero attached hydrogens (tertiary/aromatic N) is 2. The predicted molar refractivity (Wildman–Crippen MR) is 63.1 cm³/mol. The number of halogens is 1. The van der Waals surface area contributed by atoms with Gasteiger partial charge in [0.1, 0.15) is 0 Å². The van der Waals surface area contributed by atoms with E-state index < -0.39 is 0 Å². The van der Waals surface area contributed by atoms with Crippen molar-refractivity contribution in [1.82, 2.24) is 15.1 Å². The summed E-state index contributed by atoms with van der Waals surface area (Å²) in [4.78, 5) is 11.7. The SMILES string of the molecule is CC[C@H](C)NC(=O)c1nn(C)cc1I. The monoisotopic (exact) mass is 307 g/mol.